The SMILES string of the molecule is Cl.FC(F)(F)c1cnc(CN2CCNCC2c2ccncc2)s1. The zero-order valence-corrected chi connectivity index (χ0v) is 13.7. The van der Waals surface area contributed by atoms with Crippen LogP contribution in [0.3, 0.4) is 0 Å². The molecule has 1 N–H and O–H groups in total. The fourth-order valence-corrected chi connectivity index (χ4v) is 3.35. The van der Waals surface area contributed by atoms with Gasteiger partial charge in [0.15, 0.2) is 0 Å². The van der Waals surface area contributed by atoms with E-state index in [1.54, 1.807) is 12.4 Å². The van der Waals surface area contributed by atoms with Crippen LogP contribution >= 0.6 is 23.7 Å². The van der Waals surface area contributed by atoms with Crippen LogP contribution in [0.5, 0.6) is 0 Å². The molecule has 0 aliphatic carbocycles. The van der Waals surface area contributed by atoms with Gasteiger partial charge in [0, 0.05) is 38.1 Å². The maximum absolute atomic E-state index is 12.7. The molecule has 1 unspecified atom stereocenters. The predicted octanol–water partition coefficient (Wildman–Crippen LogP) is 3.13. The number of rotatable bonds is 3. The molecule has 2 aromatic heterocycles. The Morgan fingerprint density at radius 2 is 2.04 bits per heavy atom. The summed E-state index contributed by atoms with van der Waals surface area (Å²) in [5.41, 5.74) is 1.11. The molecule has 0 saturated carbocycles. The van der Waals surface area contributed by atoms with E-state index in [4.69, 9.17) is 0 Å². The Morgan fingerprint density at radius 1 is 1.30 bits per heavy atom. The molecule has 0 spiro atoms. The van der Waals surface area contributed by atoms with Crippen molar-refractivity contribution in [3.63, 3.8) is 0 Å². The smallest absolute Gasteiger partial charge is 0.314 e. The van der Waals surface area contributed by atoms with Gasteiger partial charge in [-0.25, -0.2) is 4.98 Å². The molecule has 4 nitrogen and oxygen atoms in total. The first kappa shape index (κ1) is 18.1. The minimum absolute atomic E-state index is 0. The summed E-state index contributed by atoms with van der Waals surface area (Å²) in [4.78, 5) is 9.45. The fourth-order valence-electron chi connectivity index (χ4n) is 2.54. The molecule has 9 heteroatoms. The minimum atomic E-state index is -4.32. The number of hydrogen-bond donors (Lipinski definition) is 1. The first-order chi connectivity index (χ1) is 10.5. The topological polar surface area (TPSA) is 41.1 Å². The van der Waals surface area contributed by atoms with Gasteiger partial charge in [-0.2, -0.15) is 13.2 Å². The molecular weight excluding hydrogens is 349 g/mol. The molecule has 0 bridgehead atoms. The summed E-state index contributed by atoms with van der Waals surface area (Å²) >= 11 is 0.720. The van der Waals surface area contributed by atoms with E-state index in [0.717, 1.165) is 42.7 Å². The number of alkyl halides is 3. The molecule has 0 aromatic carbocycles. The summed E-state index contributed by atoms with van der Waals surface area (Å²) in [7, 11) is 0. The van der Waals surface area contributed by atoms with Gasteiger partial charge in [0.05, 0.1) is 12.7 Å². The van der Waals surface area contributed by atoms with E-state index in [-0.39, 0.29) is 18.4 Å². The Labute approximate surface area is 142 Å². The van der Waals surface area contributed by atoms with Crippen LogP contribution in [0.1, 0.15) is 21.5 Å². The average Bonchev–Trinajstić information content (AvgIpc) is 2.97. The lowest BCUT2D eigenvalue weighted by Crippen LogP contribution is -2.45. The highest BCUT2D eigenvalue weighted by molar-refractivity contribution is 7.11. The van der Waals surface area contributed by atoms with Crippen molar-refractivity contribution in [3.8, 4) is 0 Å². The fraction of sp³-hybridized carbons (Fsp3) is 0.429. The number of thiazole rings is 1. The quantitative estimate of drug-likeness (QED) is 0.908. The number of pyridine rings is 1. The van der Waals surface area contributed by atoms with E-state index in [0.29, 0.717) is 11.6 Å². The summed E-state index contributed by atoms with van der Waals surface area (Å²) in [6.45, 7) is 2.78. The van der Waals surface area contributed by atoms with E-state index in [1.807, 2.05) is 12.1 Å². The third-order valence-electron chi connectivity index (χ3n) is 3.62. The van der Waals surface area contributed by atoms with Crippen molar-refractivity contribution in [3.05, 3.63) is 46.2 Å². The van der Waals surface area contributed by atoms with E-state index < -0.39 is 11.1 Å². The second-order valence-electron chi connectivity index (χ2n) is 5.09. The lowest BCUT2D eigenvalue weighted by atomic mass is 10.0. The summed E-state index contributed by atoms with van der Waals surface area (Å²) in [5, 5.41) is 3.81. The Kier molecular flexibility index (Phi) is 5.96. The predicted molar refractivity (Wildman–Crippen MR) is 84.6 cm³/mol. The number of piperazine rings is 1. The molecule has 1 atom stereocenters. The molecule has 1 aliphatic heterocycles. The van der Waals surface area contributed by atoms with Crippen molar-refractivity contribution in [2.75, 3.05) is 19.6 Å². The van der Waals surface area contributed by atoms with E-state index in [2.05, 4.69) is 20.2 Å². The van der Waals surface area contributed by atoms with Crippen molar-refractivity contribution in [2.24, 2.45) is 0 Å². The molecule has 0 amide bonds. The zero-order valence-electron chi connectivity index (χ0n) is 12.1. The molecule has 0 radical (unpaired) electrons. The number of nitrogens with one attached hydrogen (secondary N) is 1. The number of aromatic nitrogens is 2. The summed E-state index contributed by atoms with van der Waals surface area (Å²) in [6.07, 6.45) is 0.0635. The van der Waals surface area contributed by atoms with Crippen molar-refractivity contribution in [1.82, 2.24) is 20.2 Å². The summed E-state index contributed by atoms with van der Waals surface area (Å²) in [5.74, 6) is 0. The maximum Gasteiger partial charge on any atom is 0.427 e. The Hall–Kier alpha value is -1.22. The van der Waals surface area contributed by atoms with Crippen LogP contribution in [0.25, 0.3) is 0 Å². The van der Waals surface area contributed by atoms with Gasteiger partial charge in [-0.15, -0.1) is 23.7 Å². The first-order valence-electron chi connectivity index (χ1n) is 6.90. The van der Waals surface area contributed by atoms with Gasteiger partial charge in [-0.1, -0.05) is 0 Å². The summed E-state index contributed by atoms with van der Waals surface area (Å²) < 4.78 is 38.0. The minimum Gasteiger partial charge on any atom is -0.314 e. The van der Waals surface area contributed by atoms with Crippen molar-refractivity contribution in [1.29, 1.82) is 0 Å². The second kappa shape index (κ2) is 7.57. The number of hydrogen-bond acceptors (Lipinski definition) is 5. The van der Waals surface area contributed by atoms with Gasteiger partial charge in [0.25, 0.3) is 0 Å². The van der Waals surface area contributed by atoms with Crippen LogP contribution in [-0.2, 0) is 12.7 Å². The number of nitrogens with zero attached hydrogens (tertiary/aromatic N) is 3. The molecule has 1 fully saturated rings. The Bertz CT molecular complexity index is 620. The largest absolute Gasteiger partial charge is 0.427 e. The van der Waals surface area contributed by atoms with E-state index in [1.165, 1.54) is 0 Å². The normalized spacial score (nSPS) is 19.3. The molecule has 3 heterocycles. The van der Waals surface area contributed by atoms with Gasteiger partial charge in [0.2, 0.25) is 0 Å². The van der Waals surface area contributed by atoms with Crippen molar-refractivity contribution >= 4 is 23.7 Å². The van der Waals surface area contributed by atoms with Crippen LogP contribution in [-0.4, -0.2) is 34.5 Å². The Balaban J connectivity index is 0.00000192. The highest BCUT2D eigenvalue weighted by atomic mass is 35.5. The highest BCUT2D eigenvalue weighted by Crippen LogP contribution is 2.34. The third-order valence-corrected chi connectivity index (χ3v) is 4.64. The van der Waals surface area contributed by atoms with Gasteiger partial charge in [0.1, 0.15) is 9.88 Å². The zero-order chi connectivity index (χ0) is 15.6. The number of halogens is 4. The lowest BCUT2D eigenvalue weighted by Gasteiger charge is -2.35. The molecular formula is C14H16ClF3N4S. The average molecular weight is 365 g/mol. The standard InChI is InChI=1S/C14H15F3N4S.ClH/c15-14(16,17)12-8-20-13(22-12)9-21-6-5-19-7-11(21)10-1-3-18-4-2-10;/h1-4,8,11,19H,5-7,9H2;1H. The van der Waals surface area contributed by atoms with Crippen molar-refractivity contribution < 1.29 is 13.2 Å². The van der Waals surface area contributed by atoms with E-state index in [9.17, 15) is 13.2 Å². The van der Waals surface area contributed by atoms with Crippen LogP contribution in [0, 0.1) is 0 Å². The first-order valence-corrected chi connectivity index (χ1v) is 7.72. The summed E-state index contributed by atoms with van der Waals surface area (Å²) in [6, 6.07) is 4.00. The van der Waals surface area contributed by atoms with Crippen LogP contribution in [0.15, 0.2) is 30.7 Å². The van der Waals surface area contributed by atoms with Crippen LogP contribution < -0.4 is 5.32 Å². The monoisotopic (exact) mass is 364 g/mol. The Morgan fingerprint density at radius 3 is 2.70 bits per heavy atom. The van der Waals surface area contributed by atoms with Gasteiger partial charge in [-0.05, 0) is 17.7 Å². The maximum atomic E-state index is 12.7. The molecule has 1 saturated heterocycles. The van der Waals surface area contributed by atoms with Gasteiger partial charge >= 0.3 is 6.18 Å². The lowest BCUT2D eigenvalue weighted by molar-refractivity contribution is -0.134. The van der Waals surface area contributed by atoms with Gasteiger partial charge < -0.3 is 5.32 Å². The molecule has 126 valence electrons. The highest BCUT2D eigenvalue weighted by Gasteiger charge is 2.34. The molecule has 3 rings (SSSR count). The molecule has 2 aromatic rings. The van der Waals surface area contributed by atoms with Crippen molar-refractivity contribution in [2.45, 2.75) is 18.8 Å². The van der Waals surface area contributed by atoms with Crippen LogP contribution in [0.2, 0.25) is 0 Å². The molecule has 23 heavy (non-hydrogen) atoms. The second-order valence-corrected chi connectivity index (χ2v) is 6.20. The van der Waals surface area contributed by atoms with Crippen LogP contribution in [0.4, 0.5) is 13.2 Å². The third kappa shape index (κ3) is 4.41. The molecule has 1 aliphatic rings. The van der Waals surface area contributed by atoms with Gasteiger partial charge in [-0.3, -0.25) is 9.88 Å². The van der Waals surface area contributed by atoms with E-state index >= 15 is 0 Å².